The van der Waals surface area contributed by atoms with Crippen molar-refractivity contribution in [3.8, 4) is 0 Å². The van der Waals surface area contributed by atoms with E-state index in [1.165, 1.54) is 27.8 Å². The number of fused-ring (bicyclic) bond motifs is 2. The van der Waals surface area contributed by atoms with Crippen molar-refractivity contribution in [2.75, 3.05) is 17.2 Å². The van der Waals surface area contributed by atoms with Crippen molar-refractivity contribution in [3.05, 3.63) is 111 Å². The standard InChI is InChI=1S/C40H41N3O8S2/c44-36(28-4-3-5-31(23-28)53(50,51)43-21-20-27-22-29(40(48)49)16-19-33(27)43)42-38-35(32-6-1-2-7-34(32)52-38)37(45)41-30-17-12-25(13-18-30)9-8-24-10-14-26(15-11-24)39(46)47/h3-5,10-15,17-18,23,27,29,33H,1-2,6-9,16,19-22H2,(H,41,45)(H,42,44)(H,46,47)(H,48,49). The van der Waals surface area contributed by atoms with Crippen LogP contribution in [0, 0.1) is 11.8 Å². The molecule has 4 N–H and O–H groups in total. The van der Waals surface area contributed by atoms with Gasteiger partial charge in [0.15, 0.2) is 0 Å². The molecular weight excluding hydrogens is 715 g/mol. The highest BCUT2D eigenvalue weighted by atomic mass is 32.2. The maximum Gasteiger partial charge on any atom is 0.335 e. The van der Waals surface area contributed by atoms with Gasteiger partial charge in [-0.1, -0.05) is 30.3 Å². The summed E-state index contributed by atoms with van der Waals surface area (Å²) in [6, 6.07) is 20.1. The zero-order valence-electron chi connectivity index (χ0n) is 29.0. The number of carboxylic acids is 2. The monoisotopic (exact) mass is 755 g/mol. The summed E-state index contributed by atoms with van der Waals surface area (Å²) >= 11 is 1.38. The number of anilines is 2. The van der Waals surface area contributed by atoms with Gasteiger partial charge in [-0.2, -0.15) is 4.31 Å². The lowest BCUT2D eigenvalue weighted by atomic mass is 9.79. The molecule has 1 aliphatic heterocycles. The third-order valence-corrected chi connectivity index (χ3v) is 14.0. The Bertz CT molecular complexity index is 2160. The molecule has 3 aliphatic rings. The minimum atomic E-state index is -3.93. The van der Waals surface area contributed by atoms with Crippen LogP contribution in [0.1, 0.15) is 91.2 Å². The van der Waals surface area contributed by atoms with Gasteiger partial charge in [0.1, 0.15) is 5.00 Å². The third kappa shape index (κ3) is 7.78. The minimum absolute atomic E-state index is 0.00434. The van der Waals surface area contributed by atoms with E-state index in [0.717, 1.165) is 60.1 Å². The van der Waals surface area contributed by atoms with E-state index in [2.05, 4.69) is 10.6 Å². The van der Waals surface area contributed by atoms with Crippen molar-refractivity contribution in [1.29, 1.82) is 0 Å². The Morgan fingerprint density at radius 1 is 0.792 bits per heavy atom. The number of nitrogens with one attached hydrogen (secondary N) is 2. The molecule has 4 aromatic rings. The Morgan fingerprint density at radius 2 is 1.49 bits per heavy atom. The largest absolute Gasteiger partial charge is 0.481 e. The summed E-state index contributed by atoms with van der Waals surface area (Å²) in [7, 11) is -3.93. The van der Waals surface area contributed by atoms with Crippen molar-refractivity contribution in [3.63, 3.8) is 0 Å². The summed E-state index contributed by atoms with van der Waals surface area (Å²) in [6.45, 7) is 0.312. The first-order valence-corrected chi connectivity index (χ1v) is 20.3. The Morgan fingerprint density at radius 3 is 2.19 bits per heavy atom. The average Bonchev–Trinajstić information content (AvgIpc) is 3.76. The van der Waals surface area contributed by atoms with E-state index in [4.69, 9.17) is 5.11 Å². The first kappa shape index (κ1) is 36.5. The van der Waals surface area contributed by atoms with Crippen LogP contribution in [-0.4, -0.2) is 59.3 Å². The van der Waals surface area contributed by atoms with E-state index < -0.39 is 33.8 Å². The van der Waals surface area contributed by atoms with Crippen molar-refractivity contribution in [2.24, 2.45) is 11.8 Å². The van der Waals surface area contributed by atoms with Crippen LogP contribution in [0.3, 0.4) is 0 Å². The van der Waals surface area contributed by atoms with E-state index in [-0.39, 0.29) is 33.9 Å². The molecule has 1 saturated heterocycles. The number of aryl methyl sites for hydroxylation is 3. The maximum atomic E-state index is 13.9. The predicted octanol–water partition coefficient (Wildman–Crippen LogP) is 6.88. The smallest absolute Gasteiger partial charge is 0.335 e. The van der Waals surface area contributed by atoms with Crippen LogP contribution in [0.25, 0.3) is 0 Å². The van der Waals surface area contributed by atoms with E-state index in [9.17, 15) is 32.7 Å². The molecule has 13 heteroatoms. The van der Waals surface area contributed by atoms with Gasteiger partial charge in [-0.3, -0.25) is 14.4 Å². The normalized spacial score (nSPS) is 19.9. The van der Waals surface area contributed by atoms with Crippen LogP contribution < -0.4 is 10.6 Å². The van der Waals surface area contributed by atoms with Crippen LogP contribution in [-0.2, 0) is 40.5 Å². The zero-order valence-corrected chi connectivity index (χ0v) is 30.7. The number of thiophene rings is 1. The number of benzene rings is 3. The highest BCUT2D eigenvalue weighted by molar-refractivity contribution is 7.89. The molecule has 3 aromatic carbocycles. The van der Waals surface area contributed by atoms with Gasteiger partial charge in [-0.15, -0.1) is 11.3 Å². The molecule has 53 heavy (non-hydrogen) atoms. The van der Waals surface area contributed by atoms with Crippen molar-refractivity contribution >= 4 is 55.8 Å². The van der Waals surface area contributed by atoms with Crippen LogP contribution in [0.4, 0.5) is 10.7 Å². The second kappa shape index (κ2) is 15.2. The van der Waals surface area contributed by atoms with Crippen molar-refractivity contribution in [1.82, 2.24) is 4.31 Å². The predicted molar refractivity (Wildman–Crippen MR) is 201 cm³/mol. The maximum absolute atomic E-state index is 13.9. The van der Waals surface area contributed by atoms with Gasteiger partial charge in [0.05, 0.1) is 21.9 Å². The molecule has 2 fully saturated rings. The van der Waals surface area contributed by atoms with E-state index in [0.29, 0.717) is 48.5 Å². The first-order chi connectivity index (χ1) is 25.5. The first-order valence-electron chi connectivity index (χ1n) is 18.0. The number of carbonyl (C=O) groups excluding carboxylic acids is 2. The molecule has 3 unspecified atom stereocenters. The van der Waals surface area contributed by atoms with Gasteiger partial charge in [0, 0.05) is 28.7 Å². The zero-order chi connectivity index (χ0) is 37.3. The molecule has 2 aliphatic carbocycles. The van der Waals surface area contributed by atoms with Gasteiger partial charge in [0.25, 0.3) is 11.8 Å². The second-order valence-electron chi connectivity index (χ2n) is 14.1. The molecule has 11 nitrogen and oxygen atoms in total. The van der Waals surface area contributed by atoms with Gasteiger partial charge in [-0.05, 0) is 129 Å². The number of aliphatic carboxylic acids is 1. The second-order valence-corrected chi connectivity index (χ2v) is 17.1. The minimum Gasteiger partial charge on any atom is -0.481 e. The highest BCUT2D eigenvalue weighted by Gasteiger charge is 2.45. The SMILES string of the molecule is O=C(O)c1ccc(CCc2ccc(NC(=O)c3c(NC(=O)c4cccc(S(=O)(=O)N5CCC6CC(C(=O)O)CCC65)c4)sc4c3CCCC4)cc2)cc1. The summed E-state index contributed by atoms with van der Waals surface area (Å²) < 4.78 is 29.2. The fraction of sp³-hybridized carbons (Fsp3) is 0.350. The number of aromatic carboxylic acids is 1. The fourth-order valence-electron chi connectivity index (χ4n) is 7.97. The molecule has 1 aromatic heterocycles. The number of carboxylic acid groups (broad SMARTS) is 2. The third-order valence-electron chi connectivity index (χ3n) is 10.8. The number of nitrogens with zero attached hydrogens (tertiary/aromatic N) is 1. The number of hydrogen-bond acceptors (Lipinski definition) is 7. The molecule has 2 amide bonds. The summed E-state index contributed by atoms with van der Waals surface area (Å²) in [5, 5.41) is 25.0. The molecule has 1 saturated carbocycles. The Balaban J connectivity index is 1.04. The van der Waals surface area contributed by atoms with E-state index in [1.807, 2.05) is 36.4 Å². The number of carbonyl (C=O) groups is 4. The number of amides is 2. The number of hydrogen-bond donors (Lipinski definition) is 4. The lowest BCUT2D eigenvalue weighted by molar-refractivity contribution is -0.143. The topological polar surface area (TPSA) is 170 Å². The quantitative estimate of drug-likeness (QED) is 0.128. The van der Waals surface area contributed by atoms with Gasteiger partial charge in [0.2, 0.25) is 10.0 Å². The van der Waals surface area contributed by atoms with E-state index in [1.54, 1.807) is 24.3 Å². The van der Waals surface area contributed by atoms with Crippen LogP contribution in [0.5, 0.6) is 0 Å². The molecule has 276 valence electrons. The summed E-state index contributed by atoms with van der Waals surface area (Å²) in [6.07, 6.45) is 6.92. The van der Waals surface area contributed by atoms with Crippen molar-refractivity contribution in [2.45, 2.75) is 75.1 Å². The lowest BCUT2D eigenvalue weighted by Gasteiger charge is -2.33. The molecule has 3 atom stereocenters. The van der Waals surface area contributed by atoms with Crippen molar-refractivity contribution < 1.29 is 37.8 Å². The van der Waals surface area contributed by atoms with Crippen LogP contribution in [0.15, 0.2) is 77.7 Å². The number of sulfonamides is 1. The summed E-state index contributed by atoms with van der Waals surface area (Å²) in [5.41, 5.74) is 4.45. The Kier molecular flexibility index (Phi) is 10.5. The summed E-state index contributed by atoms with van der Waals surface area (Å²) in [5.74, 6) is -3.09. The molecular formula is C40H41N3O8S2. The average molecular weight is 756 g/mol. The van der Waals surface area contributed by atoms with Crippen LogP contribution in [0.2, 0.25) is 0 Å². The Hall–Kier alpha value is -4.85. The summed E-state index contributed by atoms with van der Waals surface area (Å²) in [4.78, 5) is 51.3. The molecule has 0 spiro atoms. The molecule has 2 heterocycles. The molecule has 0 bridgehead atoms. The molecule has 7 rings (SSSR count). The highest BCUT2D eigenvalue weighted by Crippen LogP contribution is 2.42. The van der Waals surface area contributed by atoms with Gasteiger partial charge in [-0.25, -0.2) is 13.2 Å². The van der Waals surface area contributed by atoms with Gasteiger partial charge >= 0.3 is 11.9 Å². The molecule has 0 radical (unpaired) electrons. The Labute approximate surface area is 312 Å². The lowest BCUT2D eigenvalue weighted by Crippen LogP contribution is -2.41. The number of rotatable bonds is 11. The van der Waals surface area contributed by atoms with Crippen LogP contribution >= 0.6 is 11.3 Å². The van der Waals surface area contributed by atoms with Gasteiger partial charge < -0.3 is 20.8 Å². The van der Waals surface area contributed by atoms with E-state index >= 15 is 0 Å². The fourth-order valence-corrected chi connectivity index (χ4v) is 11.0.